The first-order chi connectivity index (χ1) is 13.4. The summed E-state index contributed by atoms with van der Waals surface area (Å²) in [6.07, 6.45) is 0. The van der Waals surface area contributed by atoms with Gasteiger partial charge in [0.25, 0.3) is 0 Å². The van der Waals surface area contributed by atoms with Crippen LogP contribution in [0.4, 0.5) is 5.69 Å². The summed E-state index contributed by atoms with van der Waals surface area (Å²) < 4.78 is 33.9. The third-order valence-corrected chi connectivity index (χ3v) is 4.63. The highest BCUT2D eigenvalue weighted by molar-refractivity contribution is 7.89. The number of hydrogen-bond acceptors (Lipinski definition) is 5. The molecule has 0 radical (unpaired) electrons. The van der Waals surface area contributed by atoms with Gasteiger partial charge in [-0.05, 0) is 43.7 Å². The molecule has 0 atom stereocenters. The highest BCUT2D eigenvalue weighted by atomic mass is 32.2. The number of methoxy groups -OCH3 is 1. The number of aliphatic imine (C=N–C) groups is 1. The Morgan fingerprint density at radius 3 is 2.57 bits per heavy atom. The minimum Gasteiger partial charge on any atom is -0.493 e. The van der Waals surface area contributed by atoms with Crippen molar-refractivity contribution in [2.75, 3.05) is 25.6 Å². The molecule has 0 fully saturated rings. The SMILES string of the molecule is CCNC(=NCc1cccc(S(N)(=O)=O)c1)Nc1ccc(OC)c(OCC)c1. The van der Waals surface area contributed by atoms with Gasteiger partial charge in [-0.25, -0.2) is 18.5 Å². The predicted octanol–water partition coefficient (Wildman–Crippen LogP) is 2.32. The van der Waals surface area contributed by atoms with Gasteiger partial charge < -0.3 is 20.1 Å². The summed E-state index contributed by atoms with van der Waals surface area (Å²) in [6, 6.07) is 11.9. The van der Waals surface area contributed by atoms with E-state index in [1.165, 1.54) is 12.1 Å². The Hall–Kier alpha value is -2.78. The summed E-state index contributed by atoms with van der Waals surface area (Å²) in [5.41, 5.74) is 1.51. The van der Waals surface area contributed by atoms with E-state index in [0.29, 0.717) is 30.6 Å². The van der Waals surface area contributed by atoms with Crippen molar-refractivity contribution < 1.29 is 17.9 Å². The molecule has 0 amide bonds. The highest BCUT2D eigenvalue weighted by Crippen LogP contribution is 2.30. The fourth-order valence-electron chi connectivity index (χ4n) is 2.46. The molecule has 0 heterocycles. The Morgan fingerprint density at radius 1 is 1.14 bits per heavy atom. The molecule has 152 valence electrons. The number of nitrogens with two attached hydrogens (primary N) is 1. The number of ether oxygens (including phenoxy) is 2. The Labute approximate surface area is 165 Å². The zero-order chi connectivity index (χ0) is 20.6. The van der Waals surface area contributed by atoms with Gasteiger partial charge in [-0.15, -0.1) is 0 Å². The maximum absolute atomic E-state index is 11.5. The summed E-state index contributed by atoms with van der Waals surface area (Å²) in [5.74, 6) is 1.83. The van der Waals surface area contributed by atoms with E-state index in [9.17, 15) is 8.42 Å². The zero-order valence-electron chi connectivity index (χ0n) is 16.2. The molecule has 28 heavy (non-hydrogen) atoms. The normalized spacial score (nSPS) is 11.8. The third kappa shape index (κ3) is 6.14. The molecule has 9 heteroatoms. The van der Waals surface area contributed by atoms with Crippen molar-refractivity contribution >= 4 is 21.7 Å². The van der Waals surface area contributed by atoms with Crippen molar-refractivity contribution in [1.82, 2.24) is 5.32 Å². The first-order valence-electron chi connectivity index (χ1n) is 8.85. The minimum absolute atomic E-state index is 0.0645. The average molecular weight is 407 g/mol. The van der Waals surface area contributed by atoms with Crippen LogP contribution in [0.15, 0.2) is 52.4 Å². The van der Waals surface area contributed by atoms with E-state index in [4.69, 9.17) is 14.6 Å². The lowest BCUT2D eigenvalue weighted by Crippen LogP contribution is -2.30. The molecule has 0 aromatic heterocycles. The second-order valence-corrected chi connectivity index (χ2v) is 7.37. The van der Waals surface area contributed by atoms with Crippen LogP contribution < -0.4 is 25.2 Å². The second-order valence-electron chi connectivity index (χ2n) is 5.81. The maximum atomic E-state index is 11.5. The maximum Gasteiger partial charge on any atom is 0.238 e. The van der Waals surface area contributed by atoms with Crippen LogP contribution >= 0.6 is 0 Å². The molecule has 0 spiro atoms. The highest BCUT2D eigenvalue weighted by Gasteiger charge is 2.09. The van der Waals surface area contributed by atoms with Crippen molar-refractivity contribution in [3.8, 4) is 11.5 Å². The molecule has 2 rings (SSSR count). The summed E-state index contributed by atoms with van der Waals surface area (Å²) in [7, 11) is -2.16. The van der Waals surface area contributed by atoms with Gasteiger partial charge in [0.2, 0.25) is 10.0 Å². The van der Waals surface area contributed by atoms with E-state index in [0.717, 1.165) is 11.3 Å². The van der Waals surface area contributed by atoms with Gasteiger partial charge in [0.1, 0.15) is 0 Å². The number of hydrogen-bond donors (Lipinski definition) is 3. The molecular weight excluding hydrogens is 380 g/mol. The van der Waals surface area contributed by atoms with Crippen LogP contribution in [0.2, 0.25) is 0 Å². The third-order valence-electron chi connectivity index (χ3n) is 3.72. The molecule has 2 aromatic carbocycles. The van der Waals surface area contributed by atoms with Crippen LogP contribution in [-0.2, 0) is 16.6 Å². The van der Waals surface area contributed by atoms with Crippen LogP contribution in [0, 0.1) is 0 Å². The molecule has 0 aliphatic carbocycles. The van der Waals surface area contributed by atoms with E-state index < -0.39 is 10.0 Å². The first-order valence-corrected chi connectivity index (χ1v) is 10.4. The molecular formula is C19H26N4O4S. The Balaban J connectivity index is 2.20. The Morgan fingerprint density at radius 2 is 1.93 bits per heavy atom. The molecule has 4 N–H and O–H groups in total. The molecule has 2 aromatic rings. The quantitative estimate of drug-likeness (QED) is 0.458. The summed E-state index contributed by atoms with van der Waals surface area (Å²) in [5, 5.41) is 11.5. The largest absolute Gasteiger partial charge is 0.493 e. The van der Waals surface area contributed by atoms with Crippen molar-refractivity contribution in [1.29, 1.82) is 0 Å². The van der Waals surface area contributed by atoms with Gasteiger partial charge in [-0.3, -0.25) is 0 Å². The van der Waals surface area contributed by atoms with Crippen LogP contribution in [0.3, 0.4) is 0 Å². The Kier molecular flexibility index (Phi) is 7.65. The van der Waals surface area contributed by atoms with Gasteiger partial charge in [0.05, 0.1) is 25.2 Å². The van der Waals surface area contributed by atoms with Crippen molar-refractivity contribution in [3.63, 3.8) is 0 Å². The molecule has 0 unspecified atom stereocenters. The van der Waals surface area contributed by atoms with Crippen molar-refractivity contribution in [2.24, 2.45) is 10.1 Å². The lowest BCUT2D eigenvalue weighted by Gasteiger charge is -2.14. The number of benzene rings is 2. The standard InChI is InChI=1S/C19H26N4O4S/c1-4-21-19(22-13-14-7-6-8-16(11-14)28(20,24)25)23-15-9-10-17(26-3)18(12-15)27-5-2/h6-12H,4-5,13H2,1-3H3,(H2,20,24,25)(H2,21,22,23). The van der Waals surface area contributed by atoms with Crippen LogP contribution in [-0.4, -0.2) is 34.6 Å². The number of nitrogens with one attached hydrogen (secondary N) is 2. The molecule has 0 aliphatic rings. The smallest absolute Gasteiger partial charge is 0.238 e. The monoisotopic (exact) mass is 406 g/mol. The molecule has 0 aliphatic heterocycles. The number of primary sulfonamides is 1. The molecule has 8 nitrogen and oxygen atoms in total. The van der Waals surface area contributed by atoms with Gasteiger partial charge in [0, 0.05) is 18.3 Å². The fraction of sp³-hybridized carbons (Fsp3) is 0.316. The fourth-order valence-corrected chi connectivity index (χ4v) is 3.04. The zero-order valence-corrected chi connectivity index (χ0v) is 17.0. The van der Waals surface area contributed by atoms with E-state index in [-0.39, 0.29) is 11.4 Å². The second kappa shape index (κ2) is 9.95. The van der Waals surface area contributed by atoms with Gasteiger partial charge >= 0.3 is 0 Å². The summed E-state index contributed by atoms with van der Waals surface area (Å²) >= 11 is 0. The Bertz CT molecular complexity index is 929. The number of guanidine groups is 1. The molecule has 0 saturated heterocycles. The van der Waals surface area contributed by atoms with Gasteiger partial charge in [-0.1, -0.05) is 12.1 Å². The molecule has 0 bridgehead atoms. The lowest BCUT2D eigenvalue weighted by atomic mass is 10.2. The van der Waals surface area contributed by atoms with E-state index in [1.54, 1.807) is 19.2 Å². The van der Waals surface area contributed by atoms with E-state index in [2.05, 4.69) is 15.6 Å². The van der Waals surface area contributed by atoms with Crippen molar-refractivity contribution in [2.45, 2.75) is 25.3 Å². The lowest BCUT2D eigenvalue weighted by molar-refractivity contribution is 0.311. The predicted molar refractivity (Wildman–Crippen MR) is 110 cm³/mol. The van der Waals surface area contributed by atoms with Crippen LogP contribution in [0.25, 0.3) is 0 Å². The minimum atomic E-state index is -3.75. The summed E-state index contributed by atoms with van der Waals surface area (Å²) in [4.78, 5) is 4.57. The van der Waals surface area contributed by atoms with Crippen molar-refractivity contribution in [3.05, 3.63) is 48.0 Å². The number of rotatable bonds is 8. The van der Waals surface area contributed by atoms with E-state index >= 15 is 0 Å². The topological polar surface area (TPSA) is 115 Å². The van der Waals surface area contributed by atoms with Crippen LogP contribution in [0.5, 0.6) is 11.5 Å². The first kappa shape index (κ1) is 21.5. The number of sulfonamides is 1. The molecule has 0 saturated carbocycles. The van der Waals surface area contributed by atoms with Gasteiger partial charge in [0.15, 0.2) is 17.5 Å². The van der Waals surface area contributed by atoms with Crippen LogP contribution in [0.1, 0.15) is 19.4 Å². The van der Waals surface area contributed by atoms with E-state index in [1.807, 2.05) is 32.0 Å². The number of nitrogens with zero attached hydrogens (tertiary/aromatic N) is 1. The average Bonchev–Trinajstić information content (AvgIpc) is 2.66. The summed E-state index contributed by atoms with van der Waals surface area (Å²) in [6.45, 7) is 5.33. The van der Waals surface area contributed by atoms with Gasteiger partial charge in [-0.2, -0.15) is 0 Å². The number of anilines is 1.